The summed E-state index contributed by atoms with van der Waals surface area (Å²) < 4.78 is 5.41. The predicted octanol–water partition coefficient (Wildman–Crippen LogP) is 5.36. The minimum atomic E-state index is -1.07. The molecule has 0 saturated carbocycles. The van der Waals surface area contributed by atoms with Crippen molar-refractivity contribution in [2.24, 2.45) is 5.92 Å². The molecule has 0 aliphatic rings. The molecule has 0 spiro atoms. The Hall–Kier alpha value is -4.81. The van der Waals surface area contributed by atoms with E-state index in [-0.39, 0.29) is 30.5 Å². The number of benzene rings is 2. The van der Waals surface area contributed by atoms with Gasteiger partial charge in [-0.1, -0.05) is 88.4 Å². The number of nitrogens with one attached hydrogen (secondary N) is 4. The topological polar surface area (TPSA) is 155 Å². The average molecular weight is 687 g/mol. The molecule has 0 aliphatic carbocycles. The van der Waals surface area contributed by atoms with Crippen molar-refractivity contribution in [2.45, 2.75) is 83.6 Å². The third kappa shape index (κ3) is 12.3. The van der Waals surface area contributed by atoms with Crippen LogP contribution >= 0.6 is 11.3 Å². The number of aliphatic hydroxyl groups is 1. The van der Waals surface area contributed by atoms with Gasteiger partial charge in [0.25, 0.3) is 0 Å². The zero-order valence-electron chi connectivity index (χ0n) is 28.3. The third-order valence-corrected chi connectivity index (χ3v) is 9.03. The molecule has 4 amide bonds. The van der Waals surface area contributed by atoms with E-state index in [0.29, 0.717) is 18.8 Å². The van der Waals surface area contributed by atoms with E-state index in [1.165, 1.54) is 6.20 Å². The van der Waals surface area contributed by atoms with Gasteiger partial charge in [0.15, 0.2) is 5.75 Å². The van der Waals surface area contributed by atoms with Crippen LogP contribution in [0.2, 0.25) is 0 Å². The first-order chi connectivity index (χ1) is 23.6. The second-order valence-corrected chi connectivity index (χ2v) is 13.5. The normalized spacial score (nSPS) is 13.6. The zero-order chi connectivity index (χ0) is 35.2. The largest absolute Gasteiger partial charge is 0.412 e. The number of carbonyl (C=O) groups is 3. The Morgan fingerprint density at radius 2 is 1.53 bits per heavy atom. The third-order valence-electron chi connectivity index (χ3n) is 7.84. The molecular formula is C37H46N6O5S. The highest BCUT2D eigenvalue weighted by Crippen LogP contribution is 2.19. The van der Waals surface area contributed by atoms with Crippen LogP contribution in [0, 0.1) is 5.92 Å². The van der Waals surface area contributed by atoms with Gasteiger partial charge in [-0.25, -0.2) is 14.6 Å². The Labute approximate surface area is 291 Å². The van der Waals surface area contributed by atoms with Gasteiger partial charge in [0.1, 0.15) is 6.04 Å². The number of carbonyl (C=O) groups excluding carboxylic acids is 3. The fourth-order valence-corrected chi connectivity index (χ4v) is 6.09. The van der Waals surface area contributed by atoms with E-state index in [1.807, 2.05) is 79.9 Å². The number of rotatable bonds is 16. The summed E-state index contributed by atoms with van der Waals surface area (Å²) in [4.78, 5) is 48.1. The van der Waals surface area contributed by atoms with Crippen LogP contribution in [0.1, 0.15) is 61.9 Å². The number of ether oxygens (including phenoxy) is 1. The van der Waals surface area contributed by atoms with Gasteiger partial charge >= 0.3 is 12.1 Å². The fraction of sp³-hybridized carbons (Fsp3) is 0.378. The van der Waals surface area contributed by atoms with E-state index < -0.39 is 36.4 Å². The summed E-state index contributed by atoms with van der Waals surface area (Å²) in [5.74, 6) is -0.0356. The number of nitrogens with zero attached hydrogens (tertiary/aromatic N) is 2. The fourth-order valence-electron chi connectivity index (χ4n) is 5.25. The Morgan fingerprint density at radius 3 is 2.12 bits per heavy atom. The molecule has 260 valence electrons. The lowest BCUT2D eigenvalue weighted by molar-refractivity contribution is -0.124. The quantitative estimate of drug-likeness (QED) is 0.106. The van der Waals surface area contributed by atoms with Crippen molar-refractivity contribution >= 4 is 29.4 Å². The second kappa shape index (κ2) is 18.7. The molecule has 4 atom stereocenters. The highest BCUT2D eigenvalue weighted by Gasteiger charge is 2.30. The van der Waals surface area contributed by atoms with Gasteiger partial charge in [-0.3, -0.25) is 9.78 Å². The lowest BCUT2D eigenvalue weighted by Crippen LogP contribution is -2.55. The van der Waals surface area contributed by atoms with Gasteiger partial charge in [-0.05, 0) is 48.4 Å². The first-order valence-electron chi connectivity index (χ1n) is 16.5. The maximum atomic E-state index is 13.8. The number of amides is 4. The number of aliphatic hydroxyl groups excluding tert-OH is 1. The SMILES string of the molecule is CC(C)c1nc(CNC(=O)NC(C(=O)NC(Cc2ccccc2)CC(O)C(Cc2ccccc2)NC(=O)Oc2cccnc2)C(C)C)cs1. The van der Waals surface area contributed by atoms with Crippen LogP contribution < -0.4 is 26.0 Å². The van der Waals surface area contributed by atoms with Gasteiger partial charge < -0.3 is 31.1 Å². The molecule has 4 rings (SSSR count). The lowest BCUT2D eigenvalue weighted by atomic mass is 9.93. The molecule has 12 heteroatoms. The molecule has 0 fully saturated rings. The van der Waals surface area contributed by atoms with Crippen LogP contribution in [-0.4, -0.2) is 57.3 Å². The highest BCUT2D eigenvalue weighted by molar-refractivity contribution is 7.09. The number of thiazole rings is 1. The summed E-state index contributed by atoms with van der Waals surface area (Å²) in [5, 5.41) is 26.1. The molecule has 5 N–H and O–H groups in total. The van der Waals surface area contributed by atoms with Crippen LogP contribution in [0.3, 0.4) is 0 Å². The number of urea groups is 1. The molecule has 0 saturated heterocycles. The predicted molar refractivity (Wildman–Crippen MR) is 190 cm³/mol. The van der Waals surface area contributed by atoms with Crippen molar-refractivity contribution in [3.05, 3.63) is 112 Å². The van der Waals surface area contributed by atoms with Crippen LogP contribution in [0.25, 0.3) is 0 Å². The molecule has 4 aromatic rings. The number of hydrogen-bond donors (Lipinski definition) is 5. The molecular weight excluding hydrogens is 641 g/mol. The summed E-state index contributed by atoms with van der Waals surface area (Å²) in [6.45, 7) is 8.08. The standard InChI is InChI=1S/C37H46N6O5S/c1-24(2)33(43-36(46)39-21-29-23-49-35(41-29)25(3)4)34(45)40-28(18-26-12-7-5-8-13-26)20-32(44)31(19-27-14-9-6-10-15-27)42-37(47)48-30-16-11-17-38-22-30/h5-17,22-25,28,31-33,44H,18-21H2,1-4H3,(H,40,45)(H,42,47)(H2,39,43,46). The van der Waals surface area contributed by atoms with Crippen molar-refractivity contribution in [3.8, 4) is 5.75 Å². The maximum absolute atomic E-state index is 13.8. The van der Waals surface area contributed by atoms with Crippen LogP contribution in [0.5, 0.6) is 5.75 Å². The zero-order valence-corrected chi connectivity index (χ0v) is 29.2. The number of hydrogen-bond acceptors (Lipinski definition) is 8. The molecule has 49 heavy (non-hydrogen) atoms. The smallest absolute Gasteiger partial charge is 0.409 e. The molecule has 4 unspecified atom stereocenters. The van der Waals surface area contributed by atoms with Gasteiger partial charge in [0, 0.05) is 23.5 Å². The summed E-state index contributed by atoms with van der Waals surface area (Å²) in [5.41, 5.74) is 2.62. The van der Waals surface area contributed by atoms with Crippen LogP contribution in [-0.2, 0) is 24.2 Å². The van der Waals surface area contributed by atoms with E-state index in [1.54, 1.807) is 29.7 Å². The summed E-state index contributed by atoms with van der Waals surface area (Å²) >= 11 is 1.55. The van der Waals surface area contributed by atoms with Crippen molar-refractivity contribution in [1.82, 2.24) is 31.2 Å². The molecule has 2 aromatic heterocycles. The van der Waals surface area contributed by atoms with Gasteiger partial charge in [0.05, 0.1) is 35.6 Å². The molecule has 0 radical (unpaired) electrons. The van der Waals surface area contributed by atoms with E-state index >= 15 is 0 Å². The first kappa shape index (κ1) is 37.0. The van der Waals surface area contributed by atoms with Gasteiger partial charge in [-0.15, -0.1) is 11.3 Å². The highest BCUT2D eigenvalue weighted by atomic mass is 32.1. The van der Waals surface area contributed by atoms with E-state index in [9.17, 15) is 19.5 Å². The van der Waals surface area contributed by atoms with Crippen LogP contribution in [0.15, 0.2) is 90.6 Å². The first-order valence-corrected chi connectivity index (χ1v) is 17.4. The van der Waals surface area contributed by atoms with E-state index in [0.717, 1.165) is 21.8 Å². The minimum absolute atomic E-state index is 0.115. The summed E-state index contributed by atoms with van der Waals surface area (Å²) in [6.07, 6.45) is 2.05. The minimum Gasteiger partial charge on any atom is -0.409 e. The molecule has 2 aromatic carbocycles. The Balaban J connectivity index is 1.46. The maximum Gasteiger partial charge on any atom is 0.412 e. The van der Waals surface area contributed by atoms with Gasteiger partial charge in [0.2, 0.25) is 5.91 Å². The summed E-state index contributed by atoms with van der Waals surface area (Å²) in [7, 11) is 0. The monoisotopic (exact) mass is 686 g/mol. The van der Waals surface area contributed by atoms with E-state index in [4.69, 9.17) is 4.74 Å². The van der Waals surface area contributed by atoms with Gasteiger partial charge in [-0.2, -0.15) is 0 Å². The van der Waals surface area contributed by atoms with Crippen molar-refractivity contribution < 1.29 is 24.2 Å². The van der Waals surface area contributed by atoms with E-state index in [2.05, 4.69) is 45.1 Å². The second-order valence-electron chi connectivity index (χ2n) is 12.6. The molecule has 0 aliphatic heterocycles. The molecule has 2 heterocycles. The molecule has 11 nitrogen and oxygen atoms in total. The Morgan fingerprint density at radius 1 is 0.857 bits per heavy atom. The number of aromatic nitrogens is 2. The van der Waals surface area contributed by atoms with Crippen molar-refractivity contribution in [1.29, 1.82) is 0 Å². The number of pyridine rings is 1. The van der Waals surface area contributed by atoms with Crippen molar-refractivity contribution in [3.63, 3.8) is 0 Å². The Bertz CT molecular complexity index is 1600. The average Bonchev–Trinajstić information content (AvgIpc) is 3.57. The van der Waals surface area contributed by atoms with Crippen molar-refractivity contribution in [2.75, 3.05) is 0 Å². The Kier molecular flexibility index (Phi) is 14.1. The lowest BCUT2D eigenvalue weighted by Gasteiger charge is -2.30. The summed E-state index contributed by atoms with van der Waals surface area (Å²) in [6, 6.07) is 19.8. The molecule has 0 bridgehead atoms. The van der Waals surface area contributed by atoms with Crippen LogP contribution in [0.4, 0.5) is 9.59 Å².